The van der Waals surface area contributed by atoms with Crippen LogP contribution in [0.3, 0.4) is 0 Å². The van der Waals surface area contributed by atoms with E-state index in [9.17, 15) is 5.11 Å². The molecule has 0 unspecified atom stereocenters. The van der Waals surface area contributed by atoms with Crippen LogP contribution in [0.15, 0.2) is 66.7 Å². The third kappa shape index (κ3) is 3.52. The van der Waals surface area contributed by atoms with Crippen LogP contribution in [0.2, 0.25) is 0 Å². The Morgan fingerprint density at radius 1 is 0.957 bits per heavy atom. The molecule has 0 saturated heterocycles. The van der Waals surface area contributed by atoms with Crippen LogP contribution in [-0.2, 0) is 6.54 Å². The molecule has 2 N–H and O–H groups in total. The fourth-order valence-corrected chi connectivity index (χ4v) is 2.82. The zero-order valence-corrected chi connectivity index (χ0v) is 13.2. The highest BCUT2D eigenvalue weighted by molar-refractivity contribution is 5.87. The van der Waals surface area contributed by atoms with E-state index in [1.165, 1.54) is 10.8 Å². The Labute approximate surface area is 136 Å². The maximum Gasteiger partial charge on any atom is 0.123 e. The van der Waals surface area contributed by atoms with Crippen molar-refractivity contribution in [2.75, 3.05) is 13.7 Å². The van der Waals surface area contributed by atoms with E-state index in [0.29, 0.717) is 13.1 Å². The predicted octanol–water partition coefficient (Wildman–Crippen LogP) is 3.67. The molecule has 3 nitrogen and oxygen atoms in total. The van der Waals surface area contributed by atoms with Gasteiger partial charge in [0.15, 0.2) is 0 Å². The van der Waals surface area contributed by atoms with Gasteiger partial charge in [-0.3, -0.25) is 0 Å². The minimum atomic E-state index is -0.517. The molecule has 0 aliphatic carbocycles. The summed E-state index contributed by atoms with van der Waals surface area (Å²) >= 11 is 0. The van der Waals surface area contributed by atoms with Gasteiger partial charge >= 0.3 is 0 Å². The minimum absolute atomic E-state index is 0.496. The Bertz CT molecular complexity index is 771. The molecule has 23 heavy (non-hydrogen) atoms. The van der Waals surface area contributed by atoms with Crippen LogP contribution in [0.5, 0.6) is 5.75 Å². The summed E-state index contributed by atoms with van der Waals surface area (Å²) in [6.07, 6.45) is -0.517. The van der Waals surface area contributed by atoms with Gasteiger partial charge in [-0.15, -0.1) is 0 Å². The van der Waals surface area contributed by atoms with E-state index in [1.807, 2.05) is 48.5 Å². The summed E-state index contributed by atoms with van der Waals surface area (Å²) in [5.74, 6) is 0.866. The largest absolute Gasteiger partial charge is 0.496 e. The van der Waals surface area contributed by atoms with Gasteiger partial charge in [-0.05, 0) is 22.4 Å². The van der Waals surface area contributed by atoms with Gasteiger partial charge in [-0.2, -0.15) is 0 Å². The molecular weight excluding hydrogens is 286 g/mol. The van der Waals surface area contributed by atoms with Crippen molar-refractivity contribution in [3.8, 4) is 5.75 Å². The van der Waals surface area contributed by atoms with Crippen LogP contribution in [0.1, 0.15) is 17.2 Å². The second kappa shape index (κ2) is 7.27. The maximum atomic E-state index is 10.2. The average Bonchev–Trinajstić information content (AvgIpc) is 2.62. The van der Waals surface area contributed by atoms with Crippen molar-refractivity contribution in [2.45, 2.75) is 12.6 Å². The molecule has 0 bridgehead atoms. The second-order valence-electron chi connectivity index (χ2n) is 5.52. The van der Waals surface area contributed by atoms with Crippen LogP contribution in [0.4, 0.5) is 0 Å². The van der Waals surface area contributed by atoms with Crippen LogP contribution in [0, 0.1) is 0 Å². The summed E-state index contributed by atoms with van der Waals surface area (Å²) in [5, 5.41) is 15.9. The fraction of sp³-hybridized carbons (Fsp3) is 0.200. The van der Waals surface area contributed by atoms with Crippen molar-refractivity contribution in [1.82, 2.24) is 5.32 Å². The number of ether oxygens (including phenoxy) is 1. The number of rotatable bonds is 6. The molecular formula is C20H21NO2. The first kappa shape index (κ1) is 15.5. The van der Waals surface area contributed by atoms with Crippen molar-refractivity contribution in [2.24, 2.45) is 0 Å². The highest BCUT2D eigenvalue weighted by Gasteiger charge is 2.10. The number of fused-ring (bicyclic) bond motifs is 1. The number of aliphatic hydroxyl groups is 1. The topological polar surface area (TPSA) is 41.5 Å². The van der Waals surface area contributed by atoms with Crippen LogP contribution in [-0.4, -0.2) is 18.8 Å². The molecule has 3 heteroatoms. The lowest BCUT2D eigenvalue weighted by atomic mass is 10.0. The molecule has 0 radical (unpaired) electrons. The first-order chi connectivity index (χ1) is 11.3. The van der Waals surface area contributed by atoms with Gasteiger partial charge in [-0.1, -0.05) is 60.7 Å². The zero-order chi connectivity index (χ0) is 16.1. The molecule has 0 aliphatic rings. The lowest BCUT2D eigenvalue weighted by Gasteiger charge is -2.15. The van der Waals surface area contributed by atoms with Gasteiger partial charge in [0.2, 0.25) is 0 Å². The maximum absolute atomic E-state index is 10.2. The highest BCUT2D eigenvalue weighted by atomic mass is 16.5. The van der Waals surface area contributed by atoms with Gasteiger partial charge in [0.25, 0.3) is 0 Å². The smallest absolute Gasteiger partial charge is 0.123 e. The molecule has 3 rings (SSSR count). The Kier molecular flexibility index (Phi) is 4.91. The lowest BCUT2D eigenvalue weighted by molar-refractivity contribution is 0.174. The van der Waals surface area contributed by atoms with Gasteiger partial charge < -0.3 is 15.2 Å². The first-order valence-corrected chi connectivity index (χ1v) is 7.78. The van der Waals surface area contributed by atoms with Gasteiger partial charge in [0, 0.05) is 18.7 Å². The summed E-state index contributed by atoms with van der Waals surface area (Å²) in [6.45, 7) is 1.14. The summed E-state index contributed by atoms with van der Waals surface area (Å²) in [4.78, 5) is 0. The number of methoxy groups -OCH3 is 1. The average molecular weight is 307 g/mol. The standard InChI is InChI=1S/C20H21NO2/c1-23-20-12-11-15-7-5-6-10-17(15)18(20)13-21-14-19(22)16-8-3-2-4-9-16/h2-12,19,21-22H,13-14H2,1H3/t19-/m0/s1. The summed E-state index contributed by atoms with van der Waals surface area (Å²) in [6, 6.07) is 22.0. The van der Waals surface area contributed by atoms with Gasteiger partial charge in [0.1, 0.15) is 5.75 Å². The van der Waals surface area contributed by atoms with Gasteiger partial charge in [-0.25, -0.2) is 0 Å². The van der Waals surface area contributed by atoms with E-state index < -0.39 is 6.10 Å². The van der Waals surface area contributed by atoms with Crippen molar-refractivity contribution < 1.29 is 9.84 Å². The molecule has 0 amide bonds. The van der Waals surface area contributed by atoms with E-state index in [-0.39, 0.29) is 0 Å². The first-order valence-electron chi connectivity index (χ1n) is 7.78. The Morgan fingerprint density at radius 2 is 1.70 bits per heavy atom. The highest BCUT2D eigenvalue weighted by Crippen LogP contribution is 2.27. The van der Waals surface area contributed by atoms with E-state index in [0.717, 1.165) is 16.9 Å². The summed E-state index contributed by atoms with van der Waals surface area (Å²) in [5.41, 5.74) is 2.04. The predicted molar refractivity (Wildman–Crippen MR) is 93.6 cm³/mol. The van der Waals surface area contributed by atoms with Crippen LogP contribution in [0.25, 0.3) is 10.8 Å². The molecule has 118 valence electrons. The third-order valence-corrected chi connectivity index (χ3v) is 4.04. The normalized spacial score (nSPS) is 12.3. The molecule has 0 fully saturated rings. The SMILES string of the molecule is COc1ccc2ccccc2c1CNC[C@H](O)c1ccccc1. The number of nitrogens with one attached hydrogen (secondary N) is 1. The number of hydrogen-bond donors (Lipinski definition) is 2. The molecule has 0 spiro atoms. The quantitative estimate of drug-likeness (QED) is 0.730. The van der Waals surface area contributed by atoms with Crippen molar-refractivity contribution >= 4 is 10.8 Å². The number of aliphatic hydroxyl groups excluding tert-OH is 1. The molecule has 1 atom stereocenters. The van der Waals surface area contributed by atoms with E-state index in [1.54, 1.807) is 7.11 Å². The molecule has 3 aromatic carbocycles. The summed E-state index contributed by atoms with van der Waals surface area (Å²) in [7, 11) is 1.69. The third-order valence-electron chi connectivity index (χ3n) is 4.04. The molecule has 0 heterocycles. The molecule has 0 saturated carbocycles. The Balaban J connectivity index is 1.74. The van der Waals surface area contributed by atoms with Crippen LogP contribution < -0.4 is 10.1 Å². The van der Waals surface area contributed by atoms with Gasteiger partial charge in [0.05, 0.1) is 13.2 Å². The molecule has 0 aliphatic heterocycles. The summed E-state index contributed by atoms with van der Waals surface area (Å²) < 4.78 is 5.49. The number of benzene rings is 3. The van der Waals surface area contributed by atoms with Crippen LogP contribution >= 0.6 is 0 Å². The minimum Gasteiger partial charge on any atom is -0.496 e. The zero-order valence-electron chi connectivity index (χ0n) is 13.2. The second-order valence-corrected chi connectivity index (χ2v) is 5.52. The van der Waals surface area contributed by atoms with E-state index >= 15 is 0 Å². The fourth-order valence-electron chi connectivity index (χ4n) is 2.82. The molecule has 3 aromatic rings. The number of hydrogen-bond acceptors (Lipinski definition) is 3. The monoisotopic (exact) mass is 307 g/mol. The Morgan fingerprint density at radius 3 is 2.48 bits per heavy atom. The van der Waals surface area contributed by atoms with E-state index in [4.69, 9.17) is 4.74 Å². The Hall–Kier alpha value is -2.36. The van der Waals surface area contributed by atoms with Crippen molar-refractivity contribution in [1.29, 1.82) is 0 Å². The van der Waals surface area contributed by atoms with Crippen molar-refractivity contribution in [3.63, 3.8) is 0 Å². The van der Waals surface area contributed by atoms with Crippen molar-refractivity contribution in [3.05, 3.63) is 77.9 Å². The lowest BCUT2D eigenvalue weighted by Crippen LogP contribution is -2.21. The molecule has 0 aromatic heterocycles. The van der Waals surface area contributed by atoms with E-state index in [2.05, 4.69) is 23.5 Å².